The number of fused-ring (bicyclic) bond motifs is 7. The average molecular weight is 858 g/mol. The molecule has 0 N–H and O–H groups in total. The first-order chi connectivity index (χ1) is 32.7. The number of benzene rings is 10. The van der Waals surface area contributed by atoms with Crippen LogP contribution in [0.4, 0.5) is 17.1 Å². The molecule has 2 aliphatic rings. The summed E-state index contributed by atoms with van der Waals surface area (Å²) in [6.07, 6.45) is 0. The summed E-state index contributed by atoms with van der Waals surface area (Å²) in [5, 5.41) is 3.43. The van der Waals surface area contributed by atoms with Crippen molar-refractivity contribution in [2.75, 3.05) is 4.90 Å². The van der Waals surface area contributed by atoms with Gasteiger partial charge in [0, 0.05) is 21.8 Å². The van der Waals surface area contributed by atoms with Gasteiger partial charge in [-0.05, 0) is 143 Å². The van der Waals surface area contributed by atoms with Crippen LogP contribution in [0.25, 0.3) is 43.5 Å². The summed E-state index contributed by atoms with van der Waals surface area (Å²) < 4.78 is 1.28. The van der Waals surface area contributed by atoms with Gasteiger partial charge in [0.2, 0.25) is 0 Å². The number of hydrogen-bond acceptors (Lipinski definition) is 2. The Bertz CT molecular complexity index is 3490. The molecule has 2 aliphatic carbocycles. The zero-order chi connectivity index (χ0) is 43.7. The van der Waals surface area contributed by atoms with E-state index >= 15 is 0 Å². The minimum absolute atomic E-state index is 0.455. The van der Waals surface area contributed by atoms with E-state index in [0.717, 1.165) is 17.1 Å². The van der Waals surface area contributed by atoms with Gasteiger partial charge in [-0.25, -0.2) is 0 Å². The molecule has 0 unspecified atom stereocenters. The maximum atomic E-state index is 2.46. The van der Waals surface area contributed by atoms with Crippen LogP contribution in [0, 0.1) is 0 Å². The van der Waals surface area contributed by atoms with E-state index in [9.17, 15) is 0 Å². The second kappa shape index (κ2) is 15.3. The summed E-state index contributed by atoms with van der Waals surface area (Å²) in [4.78, 5) is 2.44. The van der Waals surface area contributed by atoms with Gasteiger partial charge < -0.3 is 4.90 Å². The quantitative estimate of drug-likeness (QED) is 0.147. The third-order valence-corrected chi connectivity index (χ3v) is 15.2. The molecule has 10 aromatic carbocycles. The molecule has 0 spiro atoms. The van der Waals surface area contributed by atoms with Crippen LogP contribution in [-0.2, 0) is 10.8 Å². The van der Waals surface area contributed by atoms with Crippen molar-refractivity contribution < 1.29 is 0 Å². The van der Waals surface area contributed by atoms with Gasteiger partial charge in [-0.3, -0.25) is 0 Å². The molecule has 0 fully saturated rings. The van der Waals surface area contributed by atoms with Crippen molar-refractivity contribution >= 4 is 38.5 Å². The Hall–Kier alpha value is -8.04. The van der Waals surface area contributed by atoms with Crippen molar-refractivity contribution in [2.24, 2.45) is 0 Å². The molecule has 0 bridgehead atoms. The summed E-state index contributed by atoms with van der Waals surface area (Å²) in [6.45, 7) is 0. The summed E-state index contributed by atoms with van der Waals surface area (Å²) >= 11 is 1.79. The van der Waals surface area contributed by atoms with Crippen LogP contribution < -0.4 is 4.90 Å². The van der Waals surface area contributed by atoms with Crippen LogP contribution in [0.3, 0.4) is 0 Å². The van der Waals surface area contributed by atoms with E-state index in [1.807, 2.05) is 0 Å². The van der Waals surface area contributed by atoms with E-state index in [0.29, 0.717) is 0 Å². The highest BCUT2D eigenvalue weighted by molar-refractivity contribution is 7.17. The molecule has 0 saturated heterocycles. The van der Waals surface area contributed by atoms with Crippen molar-refractivity contribution in [3.05, 3.63) is 305 Å². The van der Waals surface area contributed by atoms with E-state index in [-0.39, 0.29) is 0 Å². The van der Waals surface area contributed by atoms with Gasteiger partial charge in [-0.2, -0.15) is 0 Å². The van der Waals surface area contributed by atoms with Crippen molar-refractivity contribution in [1.82, 2.24) is 0 Å². The molecule has 1 nitrogen and oxygen atoms in total. The molecule has 66 heavy (non-hydrogen) atoms. The average Bonchev–Trinajstić information content (AvgIpc) is 4.08. The molecule has 11 aromatic rings. The summed E-state index contributed by atoms with van der Waals surface area (Å²) in [5.41, 5.74) is 20.2. The van der Waals surface area contributed by atoms with Gasteiger partial charge in [0.05, 0.1) is 10.8 Å². The van der Waals surface area contributed by atoms with Gasteiger partial charge >= 0.3 is 0 Å². The third kappa shape index (κ3) is 5.65. The Labute approximate surface area is 390 Å². The Morgan fingerprint density at radius 1 is 0.288 bits per heavy atom. The molecule has 0 atom stereocenters. The fourth-order valence-electron chi connectivity index (χ4n) is 11.5. The van der Waals surface area contributed by atoms with Gasteiger partial charge in [-0.1, -0.05) is 200 Å². The topological polar surface area (TPSA) is 3.24 Å². The van der Waals surface area contributed by atoms with E-state index < -0.39 is 10.8 Å². The van der Waals surface area contributed by atoms with Crippen LogP contribution in [0.2, 0.25) is 0 Å². The van der Waals surface area contributed by atoms with Gasteiger partial charge in [0.25, 0.3) is 0 Å². The van der Waals surface area contributed by atoms with E-state index in [1.54, 1.807) is 11.3 Å². The molecule has 0 radical (unpaired) electrons. The molecule has 13 rings (SSSR count). The highest BCUT2D eigenvalue weighted by Crippen LogP contribution is 2.59. The molecule has 2 heteroatoms. The Morgan fingerprint density at radius 2 is 0.697 bits per heavy atom. The fraction of sp³-hybridized carbons (Fsp3) is 0.0312. The Morgan fingerprint density at radius 3 is 1.24 bits per heavy atom. The van der Waals surface area contributed by atoms with Crippen molar-refractivity contribution in [2.45, 2.75) is 10.8 Å². The smallest absolute Gasteiger partial charge is 0.0714 e. The highest BCUT2D eigenvalue weighted by Gasteiger charge is 2.47. The highest BCUT2D eigenvalue weighted by atomic mass is 32.1. The summed E-state index contributed by atoms with van der Waals surface area (Å²) in [6, 6.07) is 94.9. The van der Waals surface area contributed by atoms with Gasteiger partial charge in [-0.15, -0.1) is 11.3 Å². The Balaban J connectivity index is 0.979. The van der Waals surface area contributed by atoms with E-state index in [4.69, 9.17) is 0 Å². The maximum absolute atomic E-state index is 2.46. The van der Waals surface area contributed by atoms with Crippen LogP contribution in [-0.4, -0.2) is 0 Å². The largest absolute Gasteiger partial charge is 0.310 e. The molecular formula is C64H43NS. The van der Waals surface area contributed by atoms with Crippen LogP contribution >= 0.6 is 11.3 Å². The fourth-order valence-corrected chi connectivity index (χ4v) is 12.3. The third-order valence-electron chi connectivity index (χ3n) is 14.3. The molecule has 0 saturated carbocycles. The normalized spacial score (nSPS) is 13.7. The van der Waals surface area contributed by atoms with Crippen molar-refractivity contribution in [3.8, 4) is 33.4 Å². The van der Waals surface area contributed by atoms with Crippen molar-refractivity contribution in [1.29, 1.82) is 0 Å². The van der Waals surface area contributed by atoms with E-state index in [1.165, 1.54) is 88.0 Å². The van der Waals surface area contributed by atoms with Gasteiger partial charge in [0.1, 0.15) is 0 Å². The molecule has 1 aromatic heterocycles. The number of thiophene rings is 1. The lowest BCUT2D eigenvalue weighted by Crippen LogP contribution is -2.28. The maximum Gasteiger partial charge on any atom is 0.0714 e. The number of nitrogens with zero attached hydrogens (tertiary/aromatic N) is 1. The summed E-state index contributed by atoms with van der Waals surface area (Å²) in [7, 11) is 0. The van der Waals surface area contributed by atoms with Gasteiger partial charge in [0.15, 0.2) is 0 Å². The monoisotopic (exact) mass is 857 g/mol. The molecule has 1 heterocycles. The second-order valence-electron chi connectivity index (χ2n) is 17.6. The van der Waals surface area contributed by atoms with Crippen molar-refractivity contribution in [3.63, 3.8) is 0 Å². The standard InChI is InChI=1S/C64H43NS/c1-5-17-47(18-6-1)63(48-19-7-2-8-20-48)58-27-15-13-25-54(58)56-36-31-45(42-60(56)63)44-29-32-51(33-30-44)65(52-35-38-62-46(41-52)39-40-66-62)53-34-37-57-55-26-14-16-28-59(55)64(61(57)43-53,49-21-9-3-10-22-49)50-23-11-4-12-24-50/h1-43H. The molecular weight excluding hydrogens is 815 g/mol. The lowest BCUT2D eigenvalue weighted by atomic mass is 9.67. The number of anilines is 3. The molecule has 0 aliphatic heterocycles. The molecule has 0 amide bonds. The van der Waals surface area contributed by atoms with E-state index in [2.05, 4.69) is 265 Å². The Kier molecular flexibility index (Phi) is 8.91. The summed E-state index contributed by atoms with van der Waals surface area (Å²) in [5.74, 6) is 0. The first-order valence-electron chi connectivity index (χ1n) is 22.8. The SMILES string of the molecule is c1ccc(C2(c3ccccc3)c3ccccc3-c3ccc(-c4ccc(N(c5ccc6c(c5)C(c5ccccc5)(c5ccccc5)c5ccccc5-6)c5ccc6sccc6c5)cc4)cc32)cc1. The second-order valence-corrected chi connectivity index (χ2v) is 18.5. The van der Waals surface area contributed by atoms with Crippen LogP contribution in [0.15, 0.2) is 260 Å². The molecule has 310 valence electrons. The number of rotatable bonds is 8. The predicted molar refractivity (Wildman–Crippen MR) is 277 cm³/mol. The lowest BCUT2D eigenvalue weighted by molar-refractivity contribution is 0.768. The first kappa shape index (κ1) is 38.4. The lowest BCUT2D eigenvalue weighted by Gasteiger charge is -2.35. The minimum atomic E-state index is -0.501. The minimum Gasteiger partial charge on any atom is -0.310 e. The first-order valence-corrected chi connectivity index (χ1v) is 23.7. The van der Waals surface area contributed by atoms with Crippen LogP contribution in [0.1, 0.15) is 44.5 Å². The van der Waals surface area contributed by atoms with Crippen LogP contribution in [0.5, 0.6) is 0 Å². The number of hydrogen-bond donors (Lipinski definition) is 0. The zero-order valence-corrected chi connectivity index (χ0v) is 37.0. The zero-order valence-electron chi connectivity index (χ0n) is 36.2. The predicted octanol–water partition coefficient (Wildman–Crippen LogP) is 16.8.